The topological polar surface area (TPSA) is 74.8 Å². The summed E-state index contributed by atoms with van der Waals surface area (Å²) in [5.74, 6) is -0.225. The number of hydrogen-bond acceptors (Lipinski definition) is 6. The summed E-state index contributed by atoms with van der Waals surface area (Å²) in [5, 5.41) is 5.37. The minimum atomic E-state index is -0.548. The van der Waals surface area contributed by atoms with Gasteiger partial charge in [0.2, 0.25) is 5.91 Å². The Kier molecular flexibility index (Phi) is 6.49. The Morgan fingerprint density at radius 2 is 1.88 bits per heavy atom. The van der Waals surface area contributed by atoms with Crippen molar-refractivity contribution >= 4 is 34.2 Å². The quantitative estimate of drug-likeness (QED) is 0.511. The molecule has 1 aliphatic carbocycles. The van der Waals surface area contributed by atoms with Gasteiger partial charge < -0.3 is 15.0 Å². The van der Waals surface area contributed by atoms with Gasteiger partial charge in [0.1, 0.15) is 12.6 Å². The van der Waals surface area contributed by atoms with Gasteiger partial charge in [-0.1, -0.05) is 42.5 Å². The number of likely N-dealkylation sites (tertiary alicyclic amines) is 1. The fraction of sp³-hybridized carbons (Fsp3) is 0.346. The third-order valence-corrected chi connectivity index (χ3v) is 7.15. The van der Waals surface area contributed by atoms with Crippen molar-refractivity contribution in [1.82, 2.24) is 9.88 Å². The molecule has 34 heavy (non-hydrogen) atoms. The van der Waals surface area contributed by atoms with E-state index in [0.717, 1.165) is 23.2 Å². The largest absolute Gasteiger partial charge is 0.445 e. The van der Waals surface area contributed by atoms with E-state index in [2.05, 4.69) is 46.5 Å². The summed E-state index contributed by atoms with van der Waals surface area (Å²) < 4.78 is 5.44. The first-order valence-electron chi connectivity index (χ1n) is 11.7. The zero-order valence-electron chi connectivity index (χ0n) is 19.1. The molecule has 1 N–H and O–H groups in total. The molecule has 7 nitrogen and oxygen atoms in total. The standard InChI is InChI=1S/C26H28N4O3S/c1-29(21-13-14-21)20-11-9-19(10-12-20)22-17-34-25(27-22)28-24(31)23-8-5-15-30(23)26(32)33-16-18-6-3-2-4-7-18/h2-4,6-7,9-12,17,21,23H,5,8,13-16H2,1H3,(H,27,28,31). The Balaban J connectivity index is 1.18. The normalized spacial score (nSPS) is 17.4. The molecule has 8 heteroatoms. The molecule has 2 aliphatic rings. The molecule has 2 heterocycles. The van der Waals surface area contributed by atoms with Crippen LogP contribution in [0.25, 0.3) is 11.3 Å². The van der Waals surface area contributed by atoms with E-state index < -0.39 is 12.1 Å². The predicted octanol–water partition coefficient (Wildman–Crippen LogP) is 5.15. The first kappa shape index (κ1) is 22.4. The summed E-state index contributed by atoms with van der Waals surface area (Å²) in [6, 6.07) is 18.0. The zero-order chi connectivity index (χ0) is 23.5. The van der Waals surface area contributed by atoms with Crippen LogP contribution < -0.4 is 10.2 Å². The van der Waals surface area contributed by atoms with Crippen LogP contribution in [0.5, 0.6) is 0 Å². The van der Waals surface area contributed by atoms with Crippen molar-refractivity contribution in [2.45, 2.75) is 44.4 Å². The maximum absolute atomic E-state index is 12.9. The second-order valence-electron chi connectivity index (χ2n) is 8.81. The van der Waals surface area contributed by atoms with E-state index in [9.17, 15) is 9.59 Å². The molecule has 1 atom stereocenters. The van der Waals surface area contributed by atoms with Crippen LogP contribution >= 0.6 is 11.3 Å². The van der Waals surface area contributed by atoms with Crippen molar-refractivity contribution in [2.75, 3.05) is 23.8 Å². The van der Waals surface area contributed by atoms with Crippen LogP contribution in [0.1, 0.15) is 31.2 Å². The number of amides is 2. The third kappa shape index (κ3) is 5.07. The number of carbonyl (C=O) groups is 2. The van der Waals surface area contributed by atoms with Gasteiger partial charge in [-0.15, -0.1) is 11.3 Å². The van der Waals surface area contributed by atoms with Gasteiger partial charge in [-0.2, -0.15) is 0 Å². The highest BCUT2D eigenvalue weighted by atomic mass is 32.1. The monoisotopic (exact) mass is 476 g/mol. The SMILES string of the molecule is CN(c1ccc(-c2csc(NC(=O)C3CCCN3C(=O)OCc3ccccc3)n2)cc1)C1CC1. The molecule has 1 saturated carbocycles. The van der Waals surface area contributed by atoms with Crippen LogP contribution in [-0.2, 0) is 16.1 Å². The Bertz CT molecular complexity index is 1140. The molecule has 0 bridgehead atoms. The van der Waals surface area contributed by atoms with E-state index in [1.165, 1.54) is 34.8 Å². The summed E-state index contributed by atoms with van der Waals surface area (Å²) in [7, 11) is 2.13. The maximum Gasteiger partial charge on any atom is 0.410 e. The van der Waals surface area contributed by atoms with Crippen LogP contribution in [0.4, 0.5) is 15.6 Å². The van der Waals surface area contributed by atoms with Gasteiger partial charge in [0.25, 0.3) is 0 Å². The molecule has 1 aliphatic heterocycles. The van der Waals surface area contributed by atoms with Crippen molar-refractivity contribution in [3.63, 3.8) is 0 Å². The summed E-state index contributed by atoms with van der Waals surface area (Å²) in [5.41, 5.74) is 3.96. The number of anilines is 2. The molecule has 5 rings (SSSR count). The Morgan fingerprint density at radius 1 is 1.12 bits per heavy atom. The molecule has 3 aromatic rings. The molecule has 1 aromatic heterocycles. The highest BCUT2D eigenvalue weighted by Crippen LogP contribution is 2.32. The Morgan fingerprint density at radius 3 is 2.62 bits per heavy atom. The van der Waals surface area contributed by atoms with Crippen LogP contribution in [-0.4, -0.2) is 47.6 Å². The van der Waals surface area contributed by atoms with Crippen LogP contribution in [0.15, 0.2) is 60.0 Å². The molecule has 176 valence electrons. The van der Waals surface area contributed by atoms with Gasteiger partial charge in [0.05, 0.1) is 5.69 Å². The summed E-state index contributed by atoms with van der Waals surface area (Å²) in [6.45, 7) is 0.700. The Labute approximate surface area is 203 Å². The molecule has 2 fully saturated rings. The third-order valence-electron chi connectivity index (χ3n) is 6.39. The van der Waals surface area contributed by atoms with Crippen molar-refractivity contribution < 1.29 is 14.3 Å². The highest BCUT2D eigenvalue weighted by Gasteiger charge is 2.35. The van der Waals surface area contributed by atoms with Crippen molar-refractivity contribution in [2.24, 2.45) is 0 Å². The van der Waals surface area contributed by atoms with Crippen molar-refractivity contribution in [3.8, 4) is 11.3 Å². The predicted molar refractivity (Wildman–Crippen MR) is 134 cm³/mol. The first-order valence-corrected chi connectivity index (χ1v) is 12.5. The minimum absolute atomic E-state index is 0.190. The van der Waals surface area contributed by atoms with E-state index in [4.69, 9.17) is 4.74 Å². The Hall–Kier alpha value is -3.39. The lowest BCUT2D eigenvalue weighted by Crippen LogP contribution is -2.43. The van der Waals surface area contributed by atoms with Crippen LogP contribution in [0, 0.1) is 0 Å². The van der Waals surface area contributed by atoms with Crippen LogP contribution in [0.3, 0.4) is 0 Å². The van der Waals surface area contributed by atoms with Crippen LogP contribution in [0.2, 0.25) is 0 Å². The number of nitrogens with zero attached hydrogens (tertiary/aromatic N) is 3. The van der Waals surface area contributed by atoms with Gasteiger partial charge in [0, 0.05) is 36.3 Å². The van der Waals surface area contributed by atoms with E-state index in [0.29, 0.717) is 24.1 Å². The molecular weight excluding hydrogens is 448 g/mol. The van der Waals surface area contributed by atoms with E-state index in [1.807, 2.05) is 35.7 Å². The van der Waals surface area contributed by atoms with Crippen molar-refractivity contribution in [1.29, 1.82) is 0 Å². The zero-order valence-corrected chi connectivity index (χ0v) is 20.0. The summed E-state index contributed by atoms with van der Waals surface area (Å²) in [4.78, 5) is 34.0. The van der Waals surface area contributed by atoms with Gasteiger partial charge in [0.15, 0.2) is 5.13 Å². The smallest absolute Gasteiger partial charge is 0.410 e. The second-order valence-corrected chi connectivity index (χ2v) is 9.67. The average molecular weight is 477 g/mol. The lowest BCUT2D eigenvalue weighted by atomic mass is 10.1. The second kappa shape index (κ2) is 9.85. The number of benzene rings is 2. The van der Waals surface area contributed by atoms with Gasteiger partial charge >= 0.3 is 6.09 Å². The number of thiazole rings is 1. The fourth-order valence-electron chi connectivity index (χ4n) is 4.25. The summed E-state index contributed by atoms with van der Waals surface area (Å²) >= 11 is 1.39. The van der Waals surface area contributed by atoms with E-state index in [-0.39, 0.29) is 12.5 Å². The molecule has 0 radical (unpaired) electrons. The molecule has 1 saturated heterocycles. The number of ether oxygens (including phenoxy) is 1. The number of carbonyl (C=O) groups excluding carboxylic acids is 2. The first-order chi connectivity index (χ1) is 16.6. The number of hydrogen-bond donors (Lipinski definition) is 1. The fourth-order valence-corrected chi connectivity index (χ4v) is 4.98. The minimum Gasteiger partial charge on any atom is -0.445 e. The molecule has 0 spiro atoms. The highest BCUT2D eigenvalue weighted by molar-refractivity contribution is 7.14. The number of aromatic nitrogens is 1. The lowest BCUT2D eigenvalue weighted by Gasteiger charge is -2.22. The molecular formula is C26H28N4O3S. The molecule has 1 unspecified atom stereocenters. The lowest BCUT2D eigenvalue weighted by molar-refractivity contribution is -0.120. The van der Waals surface area contributed by atoms with Gasteiger partial charge in [-0.25, -0.2) is 9.78 Å². The number of rotatable bonds is 7. The van der Waals surface area contributed by atoms with Gasteiger partial charge in [-0.3, -0.25) is 9.69 Å². The van der Waals surface area contributed by atoms with E-state index in [1.54, 1.807) is 0 Å². The molecule has 2 amide bonds. The van der Waals surface area contributed by atoms with Crippen molar-refractivity contribution in [3.05, 3.63) is 65.5 Å². The maximum atomic E-state index is 12.9. The molecule has 2 aromatic carbocycles. The number of nitrogens with one attached hydrogen (secondary N) is 1. The van der Waals surface area contributed by atoms with E-state index >= 15 is 0 Å². The summed E-state index contributed by atoms with van der Waals surface area (Å²) in [6.07, 6.45) is 3.44. The van der Waals surface area contributed by atoms with Gasteiger partial charge in [-0.05, 0) is 43.4 Å². The average Bonchev–Trinajstić information content (AvgIpc) is 3.41.